The summed E-state index contributed by atoms with van der Waals surface area (Å²) in [6, 6.07) is 7.49. The fraction of sp³-hybridized carbons (Fsp3) is 0.235. The molecule has 0 amide bonds. The predicted molar refractivity (Wildman–Crippen MR) is 90.2 cm³/mol. The molecule has 21 heavy (non-hydrogen) atoms. The van der Waals surface area contributed by atoms with E-state index in [0.29, 0.717) is 5.69 Å². The van der Waals surface area contributed by atoms with E-state index < -0.39 is 0 Å². The number of pyridine rings is 1. The first-order chi connectivity index (χ1) is 10.1. The van der Waals surface area contributed by atoms with Crippen LogP contribution >= 0.6 is 0 Å². The van der Waals surface area contributed by atoms with Crippen LogP contribution in [-0.2, 0) is 0 Å². The second-order valence-electron chi connectivity index (χ2n) is 4.40. The quantitative estimate of drug-likeness (QED) is 0.642. The van der Waals surface area contributed by atoms with Gasteiger partial charge in [0.1, 0.15) is 5.69 Å². The van der Waals surface area contributed by atoms with Crippen molar-refractivity contribution in [1.82, 2.24) is 9.97 Å². The SMILES string of the molecule is C=C(C)c1c[nH]c(C=NC(=N)c2cccc(C)n2)c1.CC. The van der Waals surface area contributed by atoms with E-state index in [0.717, 1.165) is 22.5 Å². The van der Waals surface area contributed by atoms with Gasteiger partial charge in [-0.2, -0.15) is 0 Å². The van der Waals surface area contributed by atoms with Crippen LogP contribution in [0.15, 0.2) is 42.0 Å². The summed E-state index contributed by atoms with van der Waals surface area (Å²) in [5.74, 6) is 0.148. The fourth-order valence-electron chi connectivity index (χ4n) is 1.61. The van der Waals surface area contributed by atoms with Crippen molar-refractivity contribution in [2.24, 2.45) is 4.99 Å². The molecule has 110 valence electrons. The Morgan fingerprint density at radius 3 is 2.67 bits per heavy atom. The van der Waals surface area contributed by atoms with Crippen LogP contribution in [0.4, 0.5) is 0 Å². The summed E-state index contributed by atoms with van der Waals surface area (Å²) in [4.78, 5) is 11.4. The fourth-order valence-corrected chi connectivity index (χ4v) is 1.61. The molecule has 0 aromatic carbocycles. The molecule has 0 saturated heterocycles. The zero-order chi connectivity index (χ0) is 15.8. The number of rotatable bonds is 3. The molecule has 2 rings (SSSR count). The average Bonchev–Trinajstić information content (AvgIpc) is 2.96. The monoisotopic (exact) mass is 282 g/mol. The molecule has 2 N–H and O–H groups in total. The number of aromatic nitrogens is 2. The van der Waals surface area contributed by atoms with E-state index in [1.54, 1.807) is 12.3 Å². The average molecular weight is 282 g/mol. The molecule has 0 unspecified atom stereocenters. The second-order valence-corrected chi connectivity index (χ2v) is 4.40. The van der Waals surface area contributed by atoms with Crippen LogP contribution in [0.3, 0.4) is 0 Å². The minimum absolute atomic E-state index is 0.148. The first kappa shape index (κ1) is 16.6. The number of allylic oxidation sites excluding steroid dienone is 1. The number of amidine groups is 1. The molecule has 0 atom stereocenters. The van der Waals surface area contributed by atoms with Crippen molar-refractivity contribution in [3.05, 3.63) is 59.7 Å². The molecule has 0 fully saturated rings. The van der Waals surface area contributed by atoms with E-state index in [-0.39, 0.29) is 5.84 Å². The van der Waals surface area contributed by atoms with Gasteiger partial charge in [0.2, 0.25) is 0 Å². The molecular weight excluding hydrogens is 260 g/mol. The Labute approximate surface area is 126 Å². The highest BCUT2D eigenvalue weighted by atomic mass is 14.9. The normalized spacial score (nSPS) is 10.1. The molecule has 2 aromatic rings. The van der Waals surface area contributed by atoms with Crippen LogP contribution < -0.4 is 0 Å². The van der Waals surface area contributed by atoms with Crippen molar-refractivity contribution in [3.8, 4) is 0 Å². The molecule has 2 heterocycles. The first-order valence-corrected chi connectivity index (χ1v) is 6.97. The van der Waals surface area contributed by atoms with Crippen LogP contribution in [0.2, 0.25) is 0 Å². The van der Waals surface area contributed by atoms with E-state index in [1.165, 1.54) is 0 Å². The Balaban J connectivity index is 0.00000106. The van der Waals surface area contributed by atoms with E-state index in [9.17, 15) is 0 Å². The summed E-state index contributed by atoms with van der Waals surface area (Å²) in [5.41, 5.74) is 4.33. The lowest BCUT2D eigenvalue weighted by Crippen LogP contribution is -2.00. The highest BCUT2D eigenvalue weighted by Gasteiger charge is 2.01. The molecule has 4 heteroatoms. The number of aromatic amines is 1. The Hall–Kier alpha value is -2.49. The number of H-pyrrole nitrogens is 1. The van der Waals surface area contributed by atoms with E-state index in [1.807, 2.05) is 52.1 Å². The maximum atomic E-state index is 7.88. The number of nitrogens with one attached hydrogen (secondary N) is 2. The summed E-state index contributed by atoms with van der Waals surface area (Å²) in [5, 5.41) is 7.88. The Morgan fingerprint density at radius 2 is 2.10 bits per heavy atom. The van der Waals surface area contributed by atoms with Gasteiger partial charge in [0.25, 0.3) is 0 Å². The standard InChI is InChI=1S/C15H16N4.C2H6/c1-10(2)12-7-13(17-8-12)9-18-15(16)14-6-4-5-11(3)19-14;1-2/h4-9,16-17H,1H2,2-3H3;1-2H3. The van der Waals surface area contributed by atoms with Crippen molar-refractivity contribution >= 4 is 17.6 Å². The molecular formula is C17H22N4. The molecule has 0 aliphatic heterocycles. The van der Waals surface area contributed by atoms with Crippen LogP contribution in [0, 0.1) is 12.3 Å². The van der Waals surface area contributed by atoms with Gasteiger partial charge in [0.05, 0.1) is 11.9 Å². The van der Waals surface area contributed by atoms with Crippen molar-refractivity contribution in [1.29, 1.82) is 5.41 Å². The number of aryl methyl sites for hydroxylation is 1. The smallest absolute Gasteiger partial charge is 0.170 e. The second kappa shape index (κ2) is 7.94. The van der Waals surface area contributed by atoms with Crippen molar-refractivity contribution in [2.45, 2.75) is 27.7 Å². The van der Waals surface area contributed by atoms with Gasteiger partial charge >= 0.3 is 0 Å². The summed E-state index contributed by atoms with van der Waals surface area (Å²) in [7, 11) is 0. The third-order valence-corrected chi connectivity index (χ3v) is 2.66. The maximum absolute atomic E-state index is 7.88. The number of hydrogen-bond donors (Lipinski definition) is 2. The van der Waals surface area contributed by atoms with Gasteiger partial charge in [-0.1, -0.05) is 26.5 Å². The van der Waals surface area contributed by atoms with Crippen LogP contribution in [0.1, 0.15) is 43.4 Å². The van der Waals surface area contributed by atoms with Crippen molar-refractivity contribution in [3.63, 3.8) is 0 Å². The van der Waals surface area contributed by atoms with Gasteiger partial charge in [-0.05, 0) is 43.2 Å². The van der Waals surface area contributed by atoms with E-state index >= 15 is 0 Å². The lowest BCUT2D eigenvalue weighted by molar-refractivity contribution is 1.16. The van der Waals surface area contributed by atoms with Gasteiger partial charge in [-0.3, -0.25) is 5.41 Å². The zero-order valence-electron chi connectivity index (χ0n) is 13.1. The minimum atomic E-state index is 0.148. The van der Waals surface area contributed by atoms with Gasteiger partial charge in [0, 0.05) is 11.9 Å². The van der Waals surface area contributed by atoms with Crippen molar-refractivity contribution in [2.75, 3.05) is 0 Å². The zero-order valence-corrected chi connectivity index (χ0v) is 13.1. The Bertz CT molecular complexity index is 650. The molecule has 4 nitrogen and oxygen atoms in total. The topological polar surface area (TPSA) is 64.9 Å². The molecule has 0 aliphatic carbocycles. The van der Waals surface area contributed by atoms with Gasteiger partial charge < -0.3 is 4.98 Å². The number of aliphatic imine (C=N–C) groups is 1. The van der Waals surface area contributed by atoms with E-state index in [2.05, 4.69) is 21.5 Å². The van der Waals surface area contributed by atoms with Gasteiger partial charge in [-0.15, -0.1) is 0 Å². The highest BCUT2D eigenvalue weighted by molar-refractivity contribution is 6.01. The summed E-state index contributed by atoms with van der Waals surface area (Å²) in [6.45, 7) is 11.7. The summed E-state index contributed by atoms with van der Waals surface area (Å²) in [6.07, 6.45) is 3.50. The van der Waals surface area contributed by atoms with Crippen molar-refractivity contribution < 1.29 is 0 Å². The van der Waals surface area contributed by atoms with Gasteiger partial charge in [-0.25, -0.2) is 9.98 Å². The number of hydrogen-bond acceptors (Lipinski definition) is 2. The maximum Gasteiger partial charge on any atom is 0.170 e. The minimum Gasteiger partial charge on any atom is -0.360 e. The predicted octanol–water partition coefficient (Wildman–Crippen LogP) is 4.22. The van der Waals surface area contributed by atoms with Gasteiger partial charge in [0.15, 0.2) is 5.84 Å². The molecule has 0 bridgehead atoms. The summed E-state index contributed by atoms with van der Waals surface area (Å²) < 4.78 is 0. The molecule has 0 spiro atoms. The van der Waals surface area contributed by atoms with Crippen LogP contribution in [0.25, 0.3) is 5.57 Å². The molecule has 2 aromatic heterocycles. The van der Waals surface area contributed by atoms with Crippen LogP contribution in [-0.4, -0.2) is 22.0 Å². The molecule has 0 radical (unpaired) electrons. The largest absolute Gasteiger partial charge is 0.360 e. The molecule has 0 aliphatic rings. The third-order valence-electron chi connectivity index (χ3n) is 2.66. The highest BCUT2D eigenvalue weighted by Crippen LogP contribution is 2.11. The first-order valence-electron chi connectivity index (χ1n) is 6.97. The van der Waals surface area contributed by atoms with E-state index in [4.69, 9.17) is 5.41 Å². The number of nitrogens with zero attached hydrogens (tertiary/aromatic N) is 2. The Morgan fingerprint density at radius 1 is 1.38 bits per heavy atom. The van der Waals surface area contributed by atoms with Crippen LogP contribution in [0.5, 0.6) is 0 Å². The summed E-state index contributed by atoms with van der Waals surface area (Å²) >= 11 is 0. The third kappa shape index (κ3) is 4.84. The molecule has 0 saturated carbocycles. The lowest BCUT2D eigenvalue weighted by Gasteiger charge is -1.98. The Kier molecular flexibility index (Phi) is 6.27. The lowest BCUT2D eigenvalue weighted by atomic mass is 10.2.